The molecule has 0 heterocycles. The first-order valence-corrected chi connectivity index (χ1v) is 10.1. The van der Waals surface area contributed by atoms with E-state index in [9.17, 15) is 0 Å². The molecule has 0 nitrogen and oxygen atoms in total. The van der Waals surface area contributed by atoms with Gasteiger partial charge in [0.15, 0.2) is 0 Å². The zero-order valence-corrected chi connectivity index (χ0v) is 13.1. The van der Waals surface area contributed by atoms with Gasteiger partial charge < -0.3 is 0 Å². The second kappa shape index (κ2) is 7.63. The number of hydrogen-bond acceptors (Lipinski definition) is 0. The summed E-state index contributed by atoms with van der Waals surface area (Å²) in [5.41, 5.74) is 0. The Morgan fingerprint density at radius 1 is 0.571 bits per heavy atom. The molecule has 2 radical (unpaired) electrons. The van der Waals surface area contributed by atoms with E-state index < -0.39 is 0 Å². The van der Waals surface area contributed by atoms with Crippen molar-refractivity contribution in [1.82, 2.24) is 0 Å². The molecule has 0 aromatic heterocycles. The maximum absolute atomic E-state index is 1.64. The molecule has 0 saturated heterocycles. The Balaban J connectivity index is 0.000000980. The molecule has 0 aromatic carbocycles. The van der Waals surface area contributed by atoms with Crippen LogP contribution in [0.5, 0.6) is 0 Å². The molecule has 2 rings (SSSR count). The van der Waals surface area contributed by atoms with Crippen molar-refractivity contribution in [2.45, 2.75) is 72.1 Å². The third-order valence-electron chi connectivity index (χ3n) is 3.84. The Morgan fingerprint density at radius 2 is 0.929 bits per heavy atom. The van der Waals surface area contributed by atoms with Crippen LogP contribution in [0, 0.1) is 0 Å². The smallest absolute Gasteiger partial charge is 0 e. The molecule has 0 amide bonds. The average Bonchev–Trinajstić information content (AvgIpc) is 2.21. The van der Waals surface area contributed by atoms with Gasteiger partial charge in [-0.2, -0.15) is 0 Å². The van der Waals surface area contributed by atoms with E-state index in [4.69, 9.17) is 0 Å². The van der Waals surface area contributed by atoms with Gasteiger partial charge in [-0.15, -0.1) is 0 Å². The number of rotatable bonds is 2. The molecule has 2 aliphatic rings. The van der Waals surface area contributed by atoms with Crippen LogP contribution in [0.2, 0.25) is 7.87 Å². The van der Waals surface area contributed by atoms with Crippen LogP contribution in [0.25, 0.3) is 0 Å². The molecule has 0 atom stereocenters. The van der Waals surface area contributed by atoms with Gasteiger partial charge in [0, 0.05) is 18.9 Å². The fourth-order valence-corrected chi connectivity index (χ4v) is 10.1. The van der Waals surface area contributed by atoms with E-state index >= 15 is 0 Å². The van der Waals surface area contributed by atoms with Crippen molar-refractivity contribution in [2.75, 3.05) is 0 Å². The molecular formula is C12H23LiSn. The van der Waals surface area contributed by atoms with Gasteiger partial charge in [0.05, 0.1) is 0 Å². The maximum atomic E-state index is 1.64. The summed E-state index contributed by atoms with van der Waals surface area (Å²) in [6, 6.07) is 0. The summed E-state index contributed by atoms with van der Waals surface area (Å²) in [5, 5.41) is 0. The van der Waals surface area contributed by atoms with Crippen molar-refractivity contribution in [3.8, 4) is 0 Å². The van der Waals surface area contributed by atoms with E-state index in [1.807, 2.05) is 0 Å². The summed E-state index contributed by atoms with van der Waals surface area (Å²) >= 11 is -0.145. The van der Waals surface area contributed by atoms with Gasteiger partial charge in [0.2, 0.25) is 0 Å². The molecule has 14 heavy (non-hydrogen) atoms. The fourth-order valence-electron chi connectivity index (χ4n) is 3.04. The average molecular weight is 293 g/mol. The summed E-state index contributed by atoms with van der Waals surface area (Å²) in [5.74, 6) is 0. The van der Waals surface area contributed by atoms with Crippen LogP contribution in [0.1, 0.15) is 64.2 Å². The summed E-state index contributed by atoms with van der Waals surface area (Å²) in [7, 11) is 0. The molecule has 2 fully saturated rings. The molecule has 0 aromatic rings. The first-order valence-electron chi connectivity index (χ1n) is 6.30. The minimum atomic E-state index is -0.145. The van der Waals surface area contributed by atoms with Crippen molar-refractivity contribution in [2.24, 2.45) is 0 Å². The fraction of sp³-hybridized carbons (Fsp3) is 1.00. The minimum absolute atomic E-state index is 0. The first kappa shape index (κ1) is 13.5. The van der Waals surface area contributed by atoms with Crippen molar-refractivity contribution in [3.63, 3.8) is 0 Å². The second-order valence-corrected chi connectivity index (χ2v) is 11.5. The van der Waals surface area contributed by atoms with E-state index in [1.54, 1.807) is 64.2 Å². The largest absolute Gasteiger partial charge is 0 e. The summed E-state index contributed by atoms with van der Waals surface area (Å²) in [4.78, 5) is 0. The van der Waals surface area contributed by atoms with Gasteiger partial charge >= 0.3 is 93.2 Å². The van der Waals surface area contributed by atoms with Gasteiger partial charge in [-0.1, -0.05) is 0 Å². The predicted molar refractivity (Wildman–Crippen MR) is 66.6 cm³/mol. The molecule has 0 unspecified atom stereocenters. The van der Waals surface area contributed by atoms with Gasteiger partial charge in [-0.25, -0.2) is 0 Å². The van der Waals surface area contributed by atoms with E-state index in [0.29, 0.717) is 0 Å². The van der Waals surface area contributed by atoms with Crippen molar-refractivity contribution < 1.29 is 0 Å². The van der Waals surface area contributed by atoms with E-state index in [0.717, 1.165) is 0 Å². The van der Waals surface area contributed by atoms with Gasteiger partial charge in [-0.05, 0) is 0 Å². The Kier molecular flexibility index (Phi) is 7.34. The maximum Gasteiger partial charge on any atom is 0 e. The second-order valence-electron chi connectivity index (χ2n) is 4.99. The molecule has 0 aliphatic heterocycles. The van der Waals surface area contributed by atoms with Crippen LogP contribution in [0.4, 0.5) is 0 Å². The minimum Gasteiger partial charge on any atom is 0 e. The summed E-state index contributed by atoms with van der Waals surface area (Å²) in [6.07, 6.45) is 15.9. The third kappa shape index (κ3) is 4.50. The van der Waals surface area contributed by atoms with Crippen molar-refractivity contribution in [3.05, 3.63) is 0 Å². The summed E-state index contributed by atoms with van der Waals surface area (Å²) in [6.45, 7) is 0. The van der Waals surface area contributed by atoms with Gasteiger partial charge in [0.25, 0.3) is 0 Å². The Labute approximate surface area is 111 Å². The molecule has 0 spiro atoms. The van der Waals surface area contributed by atoms with Gasteiger partial charge in [0.1, 0.15) is 0 Å². The quantitative estimate of drug-likeness (QED) is 0.683. The Hall–Kier alpha value is 1.40. The molecule has 0 N–H and O–H groups in total. The van der Waals surface area contributed by atoms with Crippen LogP contribution in [0.15, 0.2) is 0 Å². The zero-order chi connectivity index (χ0) is 8.93. The molecular weight excluding hydrogens is 270 g/mol. The topological polar surface area (TPSA) is 0 Å². The van der Waals surface area contributed by atoms with Crippen molar-refractivity contribution >= 4 is 40.0 Å². The van der Waals surface area contributed by atoms with Crippen LogP contribution < -0.4 is 0 Å². The normalized spacial score (nSPS) is 25.7. The molecule has 76 valence electrons. The number of hydrogen-bond donors (Lipinski definition) is 0. The standard InChI is InChI=1S/2C6H11.Li.Sn.H/c2*1-2-4-6-5-3-1;;;/h2*1H,2-6H2;;;. The Bertz CT molecular complexity index is 121. The molecule has 2 heteroatoms. The SMILES string of the molecule is C1CC[CH]([SnH][CH]2CCCCC2)CC1.[Li]. The van der Waals surface area contributed by atoms with Crippen LogP contribution >= 0.6 is 0 Å². The summed E-state index contributed by atoms with van der Waals surface area (Å²) < 4.78 is 2.62. The predicted octanol–water partition coefficient (Wildman–Crippen LogP) is 3.55. The monoisotopic (exact) mass is 294 g/mol. The van der Waals surface area contributed by atoms with Crippen LogP contribution in [-0.2, 0) is 0 Å². The van der Waals surface area contributed by atoms with E-state index in [1.165, 1.54) is 7.87 Å². The third-order valence-corrected chi connectivity index (χ3v) is 10.8. The first-order chi connectivity index (χ1) is 6.45. The zero-order valence-electron chi connectivity index (χ0n) is 9.80. The van der Waals surface area contributed by atoms with E-state index in [-0.39, 0.29) is 40.0 Å². The Morgan fingerprint density at radius 3 is 1.29 bits per heavy atom. The van der Waals surface area contributed by atoms with E-state index in [2.05, 4.69) is 0 Å². The van der Waals surface area contributed by atoms with Crippen LogP contribution in [-0.4, -0.2) is 40.0 Å². The van der Waals surface area contributed by atoms with Crippen molar-refractivity contribution in [1.29, 1.82) is 0 Å². The van der Waals surface area contributed by atoms with Crippen LogP contribution in [0.3, 0.4) is 0 Å². The molecule has 0 bridgehead atoms. The molecule has 2 saturated carbocycles. The van der Waals surface area contributed by atoms with Gasteiger partial charge in [-0.3, -0.25) is 0 Å². The molecule has 2 aliphatic carbocycles.